The molecule has 0 aliphatic heterocycles. The van der Waals surface area contributed by atoms with E-state index in [-0.39, 0.29) is 6.61 Å². The Kier molecular flexibility index (Phi) is 6.69. The van der Waals surface area contributed by atoms with Gasteiger partial charge in [-0.1, -0.05) is 34.4 Å². The Morgan fingerprint density at radius 3 is 2.74 bits per heavy atom. The number of aryl methyl sites for hydroxylation is 2. The zero-order chi connectivity index (χ0) is 21.6. The van der Waals surface area contributed by atoms with E-state index in [1.165, 1.54) is 7.11 Å². The maximum atomic E-state index is 6.24. The molecule has 0 saturated carbocycles. The summed E-state index contributed by atoms with van der Waals surface area (Å²) in [5, 5.41) is 20.1. The van der Waals surface area contributed by atoms with Gasteiger partial charge in [-0.05, 0) is 53.2 Å². The minimum Gasteiger partial charge on any atom is -0.489 e. The lowest BCUT2D eigenvalue weighted by atomic mass is 10.2. The summed E-state index contributed by atoms with van der Waals surface area (Å²) in [6.45, 7) is 1.05. The molecule has 0 unspecified atom stereocenters. The number of aromatic nitrogens is 5. The molecule has 2 aromatic heterocycles. The second-order valence-electron chi connectivity index (χ2n) is 6.80. The summed E-state index contributed by atoms with van der Waals surface area (Å²) in [4.78, 5) is 4.87. The summed E-state index contributed by atoms with van der Waals surface area (Å²) >= 11 is 12.5. The highest BCUT2D eigenvalue weighted by molar-refractivity contribution is 6.35. The van der Waals surface area contributed by atoms with Crippen LogP contribution >= 0.6 is 23.2 Å². The molecule has 0 fully saturated rings. The van der Waals surface area contributed by atoms with Gasteiger partial charge in [0.05, 0.1) is 11.9 Å². The molecule has 0 bridgehead atoms. The largest absolute Gasteiger partial charge is 0.489 e. The fraction of sp³-hybridized carbons (Fsp3) is 0.238. The topological polar surface area (TPSA) is 90.2 Å². The van der Waals surface area contributed by atoms with Crippen molar-refractivity contribution >= 4 is 40.3 Å². The monoisotopic (exact) mass is 458 g/mol. The van der Waals surface area contributed by atoms with Crippen molar-refractivity contribution in [2.45, 2.75) is 26.0 Å². The number of rotatable bonds is 9. The first-order chi connectivity index (χ1) is 15.2. The third-order valence-electron chi connectivity index (χ3n) is 4.82. The van der Waals surface area contributed by atoms with Crippen molar-refractivity contribution in [3.63, 3.8) is 0 Å². The summed E-state index contributed by atoms with van der Waals surface area (Å²) in [5.74, 6) is 1.49. The molecule has 2 heterocycles. The highest BCUT2D eigenvalue weighted by Crippen LogP contribution is 2.28. The normalized spacial score (nSPS) is 11.5. The zero-order valence-corrected chi connectivity index (χ0v) is 18.3. The quantitative estimate of drug-likeness (QED) is 0.291. The van der Waals surface area contributed by atoms with Crippen molar-refractivity contribution in [1.82, 2.24) is 25.2 Å². The number of hydrogen-bond donors (Lipinski definition) is 1. The van der Waals surface area contributed by atoms with Crippen LogP contribution in [-0.4, -0.2) is 38.5 Å². The molecule has 1 N–H and O–H groups in total. The predicted molar refractivity (Wildman–Crippen MR) is 120 cm³/mol. The number of benzene rings is 2. The Balaban J connectivity index is 1.54. The molecule has 31 heavy (non-hydrogen) atoms. The summed E-state index contributed by atoms with van der Waals surface area (Å²) in [5.41, 5.74) is 2.76. The molecule has 0 radical (unpaired) electrons. The van der Waals surface area contributed by atoms with Crippen molar-refractivity contribution in [3.8, 4) is 5.75 Å². The van der Waals surface area contributed by atoms with Crippen LogP contribution in [0, 0.1) is 0 Å². The number of halogens is 2. The first kappa shape index (κ1) is 21.1. The lowest BCUT2D eigenvalue weighted by Gasteiger charge is -2.11. The van der Waals surface area contributed by atoms with Crippen LogP contribution in [0.15, 0.2) is 47.6 Å². The van der Waals surface area contributed by atoms with Crippen LogP contribution in [0.5, 0.6) is 5.75 Å². The van der Waals surface area contributed by atoms with Gasteiger partial charge in [0.2, 0.25) is 0 Å². The van der Waals surface area contributed by atoms with Gasteiger partial charge in [-0.3, -0.25) is 0 Å². The van der Waals surface area contributed by atoms with Crippen LogP contribution in [0.4, 0.5) is 0 Å². The maximum absolute atomic E-state index is 6.24. The van der Waals surface area contributed by atoms with Gasteiger partial charge in [0.1, 0.15) is 25.3 Å². The Morgan fingerprint density at radius 1 is 1.16 bits per heavy atom. The minimum atomic E-state index is 0.286. The second-order valence-corrected chi connectivity index (χ2v) is 7.61. The molecule has 0 amide bonds. The number of nitrogens with zero attached hydrogens (tertiary/aromatic N) is 5. The molecule has 0 aliphatic carbocycles. The second kappa shape index (κ2) is 9.80. The minimum absolute atomic E-state index is 0.286. The van der Waals surface area contributed by atoms with Crippen molar-refractivity contribution in [3.05, 3.63) is 69.6 Å². The van der Waals surface area contributed by atoms with Crippen molar-refractivity contribution in [2.24, 2.45) is 5.16 Å². The van der Waals surface area contributed by atoms with Crippen LogP contribution in [0.1, 0.15) is 23.5 Å². The first-order valence-corrected chi connectivity index (χ1v) is 10.4. The molecule has 2 aromatic carbocycles. The third kappa shape index (κ3) is 4.98. The van der Waals surface area contributed by atoms with Crippen LogP contribution in [0.2, 0.25) is 10.0 Å². The lowest BCUT2D eigenvalue weighted by Crippen LogP contribution is -2.04. The Morgan fingerprint density at radius 2 is 2.00 bits per heavy atom. The molecule has 0 saturated heterocycles. The van der Waals surface area contributed by atoms with E-state index in [1.807, 2.05) is 30.3 Å². The van der Waals surface area contributed by atoms with Crippen LogP contribution in [0.25, 0.3) is 10.9 Å². The number of oxime groups is 1. The molecular weight excluding hydrogens is 439 g/mol. The number of ether oxygens (including phenoxy) is 1. The SMILES string of the molecule is CON=Cc1cc2cc(OCc3c(Cl)cccc3Cl)ccc2n1CCCc1nnn[nH]1. The van der Waals surface area contributed by atoms with E-state index < -0.39 is 0 Å². The molecule has 0 atom stereocenters. The molecule has 8 nitrogen and oxygen atoms in total. The van der Waals surface area contributed by atoms with Crippen molar-refractivity contribution < 1.29 is 9.57 Å². The van der Waals surface area contributed by atoms with E-state index in [9.17, 15) is 0 Å². The van der Waals surface area contributed by atoms with Crippen LogP contribution < -0.4 is 4.74 Å². The van der Waals surface area contributed by atoms with E-state index in [1.54, 1.807) is 18.3 Å². The van der Waals surface area contributed by atoms with Gasteiger partial charge in [0.15, 0.2) is 0 Å². The van der Waals surface area contributed by atoms with Gasteiger partial charge < -0.3 is 14.1 Å². The fourth-order valence-electron chi connectivity index (χ4n) is 3.34. The fourth-order valence-corrected chi connectivity index (χ4v) is 3.84. The number of fused-ring (bicyclic) bond motifs is 1. The molecular formula is C21H20Cl2N6O2. The highest BCUT2D eigenvalue weighted by atomic mass is 35.5. The molecule has 10 heteroatoms. The number of nitrogens with one attached hydrogen (secondary N) is 1. The summed E-state index contributed by atoms with van der Waals surface area (Å²) < 4.78 is 8.14. The molecule has 0 spiro atoms. The van der Waals surface area contributed by atoms with Gasteiger partial charge in [-0.2, -0.15) is 0 Å². The average molecular weight is 459 g/mol. The maximum Gasteiger partial charge on any atom is 0.148 e. The smallest absolute Gasteiger partial charge is 0.148 e. The number of tetrazole rings is 1. The zero-order valence-electron chi connectivity index (χ0n) is 16.8. The molecule has 4 rings (SSSR count). The summed E-state index contributed by atoms with van der Waals surface area (Å²) in [7, 11) is 1.52. The molecule has 0 aliphatic rings. The number of aromatic amines is 1. The third-order valence-corrected chi connectivity index (χ3v) is 5.53. The molecule has 160 valence electrons. The van der Waals surface area contributed by atoms with Gasteiger partial charge in [-0.25, -0.2) is 5.10 Å². The van der Waals surface area contributed by atoms with Gasteiger partial charge >= 0.3 is 0 Å². The van der Waals surface area contributed by atoms with E-state index in [2.05, 4.69) is 30.3 Å². The van der Waals surface area contributed by atoms with E-state index in [0.717, 1.165) is 53.1 Å². The van der Waals surface area contributed by atoms with Crippen molar-refractivity contribution in [1.29, 1.82) is 0 Å². The highest BCUT2D eigenvalue weighted by Gasteiger charge is 2.11. The summed E-state index contributed by atoms with van der Waals surface area (Å²) in [6.07, 6.45) is 3.30. The molecule has 4 aromatic rings. The van der Waals surface area contributed by atoms with Gasteiger partial charge in [0, 0.05) is 39.5 Å². The van der Waals surface area contributed by atoms with Crippen molar-refractivity contribution in [2.75, 3.05) is 7.11 Å². The Hall–Kier alpha value is -3.10. The lowest BCUT2D eigenvalue weighted by molar-refractivity contribution is 0.215. The van der Waals surface area contributed by atoms with Crippen LogP contribution in [-0.2, 0) is 24.4 Å². The Bertz CT molecular complexity index is 1170. The Labute approximate surface area is 188 Å². The number of hydrogen-bond acceptors (Lipinski definition) is 6. The number of H-pyrrole nitrogens is 1. The van der Waals surface area contributed by atoms with Gasteiger partial charge in [-0.15, -0.1) is 5.10 Å². The standard InChI is InChI=1S/C21H20Cl2N6O2/c1-30-24-12-15-10-14-11-16(31-13-17-18(22)4-2-5-19(17)23)7-8-20(14)29(15)9-3-6-21-25-27-28-26-21/h2,4-5,7-8,10-12H,3,6,9,13H2,1H3,(H,25,26,27,28). The predicted octanol–water partition coefficient (Wildman–Crippen LogP) is 4.65. The van der Waals surface area contributed by atoms with Crippen LogP contribution in [0.3, 0.4) is 0 Å². The summed E-state index contributed by atoms with van der Waals surface area (Å²) in [6, 6.07) is 13.4. The average Bonchev–Trinajstić information content (AvgIpc) is 3.40. The van der Waals surface area contributed by atoms with E-state index in [4.69, 9.17) is 32.8 Å². The van der Waals surface area contributed by atoms with E-state index >= 15 is 0 Å². The van der Waals surface area contributed by atoms with E-state index in [0.29, 0.717) is 10.0 Å². The first-order valence-electron chi connectivity index (χ1n) is 9.64. The van der Waals surface area contributed by atoms with Gasteiger partial charge in [0.25, 0.3) is 0 Å².